The number of benzene rings is 3. The molecule has 3 aromatic rings. The Hall–Kier alpha value is -2.56. The number of halogens is 1. The number of nitrogens with zero attached hydrogens (tertiary/aromatic N) is 1. The summed E-state index contributed by atoms with van der Waals surface area (Å²) < 4.78 is 5.65. The van der Waals surface area contributed by atoms with Crippen molar-refractivity contribution in [3.63, 3.8) is 0 Å². The van der Waals surface area contributed by atoms with Crippen LogP contribution in [0.3, 0.4) is 0 Å². The Morgan fingerprint density at radius 3 is 2.48 bits per heavy atom. The number of fused-ring (bicyclic) bond motifs is 1. The molecule has 0 unspecified atom stereocenters. The second kappa shape index (κ2) is 8.89. The summed E-state index contributed by atoms with van der Waals surface area (Å²) in [6.45, 7) is 0.428. The van der Waals surface area contributed by atoms with Gasteiger partial charge in [0.2, 0.25) is 0 Å². The van der Waals surface area contributed by atoms with Gasteiger partial charge in [-0.2, -0.15) is 0 Å². The van der Waals surface area contributed by atoms with Crippen LogP contribution in [0.4, 0.5) is 0 Å². The van der Waals surface area contributed by atoms with Crippen molar-refractivity contribution < 1.29 is 9.53 Å². The Bertz CT molecular complexity index is 927. The summed E-state index contributed by atoms with van der Waals surface area (Å²) in [5.41, 5.74) is 0.986. The fourth-order valence-corrected chi connectivity index (χ4v) is 3.25. The predicted octanol–water partition coefficient (Wildman–Crippen LogP) is 4.29. The standard InChI is InChI=1S/C22H23ClN2O2/c1-25(2)21(19-9-5-6-10-20(19)23)14-24-22(26)15-27-18-12-11-16-7-3-4-8-17(16)13-18/h3-13,21H,14-15H2,1-2H3,(H,24,26)/t21-/m0/s1. The minimum Gasteiger partial charge on any atom is -0.484 e. The Kier molecular flexibility index (Phi) is 6.32. The van der Waals surface area contributed by atoms with E-state index in [1.807, 2.05) is 85.7 Å². The lowest BCUT2D eigenvalue weighted by molar-refractivity contribution is -0.123. The second-order valence-electron chi connectivity index (χ2n) is 6.60. The monoisotopic (exact) mass is 382 g/mol. The Balaban J connectivity index is 1.57. The SMILES string of the molecule is CN(C)[C@@H](CNC(=O)COc1ccc2ccccc2c1)c1ccccc1Cl. The number of carbonyl (C=O) groups is 1. The maximum Gasteiger partial charge on any atom is 0.258 e. The minimum absolute atomic E-state index is 0.0108. The number of carbonyl (C=O) groups excluding carboxylic acids is 1. The normalized spacial score (nSPS) is 12.1. The van der Waals surface area contributed by atoms with Crippen molar-refractivity contribution in [2.75, 3.05) is 27.2 Å². The van der Waals surface area contributed by atoms with Crippen LogP contribution < -0.4 is 10.1 Å². The van der Waals surface area contributed by atoms with Crippen LogP contribution in [0.5, 0.6) is 5.75 Å². The molecule has 140 valence electrons. The Morgan fingerprint density at radius 2 is 1.74 bits per heavy atom. The molecule has 0 fully saturated rings. The molecular weight excluding hydrogens is 360 g/mol. The third kappa shape index (κ3) is 5.00. The van der Waals surface area contributed by atoms with Gasteiger partial charge in [-0.3, -0.25) is 4.79 Å². The maximum absolute atomic E-state index is 12.2. The molecule has 1 atom stereocenters. The number of rotatable bonds is 7. The molecule has 3 rings (SSSR count). The van der Waals surface area contributed by atoms with Gasteiger partial charge in [0.05, 0.1) is 6.04 Å². The molecule has 0 aliphatic rings. The number of amides is 1. The first-order valence-electron chi connectivity index (χ1n) is 8.84. The van der Waals surface area contributed by atoms with Crippen LogP contribution in [0.25, 0.3) is 10.8 Å². The molecule has 0 saturated carbocycles. The molecule has 0 saturated heterocycles. The van der Waals surface area contributed by atoms with Crippen molar-refractivity contribution in [2.45, 2.75) is 6.04 Å². The van der Waals surface area contributed by atoms with Crippen LogP contribution in [0.15, 0.2) is 66.7 Å². The zero-order valence-corrected chi connectivity index (χ0v) is 16.2. The summed E-state index contributed by atoms with van der Waals surface area (Å²) in [5.74, 6) is 0.515. The summed E-state index contributed by atoms with van der Waals surface area (Å²) in [6, 6.07) is 21.5. The first-order valence-corrected chi connectivity index (χ1v) is 9.21. The minimum atomic E-state index is -0.165. The zero-order valence-electron chi connectivity index (χ0n) is 15.5. The van der Waals surface area contributed by atoms with Crippen LogP contribution in [-0.4, -0.2) is 38.1 Å². The zero-order chi connectivity index (χ0) is 19.2. The summed E-state index contributed by atoms with van der Waals surface area (Å²) in [6.07, 6.45) is 0. The lowest BCUT2D eigenvalue weighted by atomic mass is 10.1. The van der Waals surface area contributed by atoms with Gasteiger partial charge in [-0.1, -0.05) is 60.1 Å². The highest BCUT2D eigenvalue weighted by Gasteiger charge is 2.17. The van der Waals surface area contributed by atoms with Gasteiger partial charge in [0.1, 0.15) is 5.75 Å². The second-order valence-corrected chi connectivity index (χ2v) is 7.01. The third-order valence-corrected chi connectivity index (χ3v) is 4.82. The van der Waals surface area contributed by atoms with Crippen molar-refractivity contribution in [1.82, 2.24) is 10.2 Å². The topological polar surface area (TPSA) is 41.6 Å². The number of likely N-dealkylation sites (N-methyl/N-ethyl adjacent to an activating group) is 1. The van der Waals surface area contributed by atoms with Crippen molar-refractivity contribution in [3.05, 3.63) is 77.3 Å². The van der Waals surface area contributed by atoms with Gasteiger partial charge in [0.25, 0.3) is 5.91 Å². The van der Waals surface area contributed by atoms with Crippen LogP contribution >= 0.6 is 11.6 Å². The summed E-state index contributed by atoms with van der Waals surface area (Å²) in [5, 5.41) is 5.85. The molecule has 27 heavy (non-hydrogen) atoms. The van der Waals surface area contributed by atoms with Crippen LogP contribution in [0.2, 0.25) is 5.02 Å². The van der Waals surface area contributed by atoms with Crippen LogP contribution in [-0.2, 0) is 4.79 Å². The molecule has 5 heteroatoms. The molecule has 3 aromatic carbocycles. The van der Waals surface area contributed by atoms with Gasteiger partial charge in [-0.05, 0) is 48.6 Å². The van der Waals surface area contributed by atoms with E-state index in [4.69, 9.17) is 16.3 Å². The first-order chi connectivity index (χ1) is 13.0. The van der Waals surface area contributed by atoms with E-state index < -0.39 is 0 Å². The van der Waals surface area contributed by atoms with Gasteiger partial charge in [-0.15, -0.1) is 0 Å². The van der Waals surface area contributed by atoms with E-state index in [0.29, 0.717) is 17.3 Å². The molecule has 0 radical (unpaired) electrons. The lowest BCUT2D eigenvalue weighted by Gasteiger charge is -2.26. The van der Waals surface area contributed by atoms with Gasteiger partial charge in [0.15, 0.2) is 6.61 Å². The van der Waals surface area contributed by atoms with E-state index in [9.17, 15) is 4.79 Å². The molecular formula is C22H23ClN2O2. The molecule has 0 heterocycles. The summed E-state index contributed by atoms with van der Waals surface area (Å²) in [4.78, 5) is 14.3. The average molecular weight is 383 g/mol. The van der Waals surface area contributed by atoms with Gasteiger partial charge >= 0.3 is 0 Å². The number of ether oxygens (including phenoxy) is 1. The van der Waals surface area contributed by atoms with Gasteiger partial charge in [0, 0.05) is 11.6 Å². The highest BCUT2D eigenvalue weighted by Crippen LogP contribution is 2.25. The summed E-state index contributed by atoms with van der Waals surface area (Å²) >= 11 is 6.30. The predicted molar refractivity (Wildman–Crippen MR) is 110 cm³/mol. The smallest absolute Gasteiger partial charge is 0.258 e. The van der Waals surface area contributed by atoms with Gasteiger partial charge < -0.3 is 15.0 Å². The Morgan fingerprint density at radius 1 is 1.04 bits per heavy atom. The lowest BCUT2D eigenvalue weighted by Crippen LogP contribution is -2.37. The molecule has 0 aromatic heterocycles. The first kappa shape index (κ1) is 19.2. The molecule has 1 N–H and O–H groups in total. The van der Waals surface area contributed by atoms with E-state index in [1.165, 1.54) is 0 Å². The van der Waals surface area contributed by atoms with Crippen molar-refractivity contribution in [1.29, 1.82) is 0 Å². The van der Waals surface area contributed by atoms with E-state index >= 15 is 0 Å². The van der Waals surface area contributed by atoms with E-state index in [2.05, 4.69) is 5.32 Å². The van der Waals surface area contributed by atoms with Crippen LogP contribution in [0.1, 0.15) is 11.6 Å². The largest absolute Gasteiger partial charge is 0.484 e. The molecule has 0 bridgehead atoms. The number of hydrogen-bond donors (Lipinski definition) is 1. The van der Waals surface area contributed by atoms with Crippen LogP contribution in [0, 0.1) is 0 Å². The van der Waals surface area contributed by atoms with E-state index in [1.54, 1.807) is 0 Å². The summed E-state index contributed by atoms with van der Waals surface area (Å²) in [7, 11) is 3.93. The fraction of sp³-hybridized carbons (Fsp3) is 0.227. The maximum atomic E-state index is 12.2. The molecule has 4 nitrogen and oxygen atoms in total. The highest BCUT2D eigenvalue weighted by atomic mass is 35.5. The van der Waals surface area contributed by atoms with Crippen molar-refractivity contribution in [3.8, 4) is 5.75 Å². The molecule has 0 aliphatic heterocycles. The number of hydrogen-bond acceptors (Lipinski definition) is 3. The highest BCUT2D eigenvalue weighted by molar-refractivity contribution is 6.31. The van der Waals surface area contributed by atoms with E-state index in [-0.39, 0.29) is 18.6 Å². The molecule has 0 aliphatic carbocycles. The quantitative estimate of drug-likeness (QED) is 0.662. The average Bonchev–Trinajstić information content (AvgIpc) is 2.67. The third-order valence-electron chi connectivity index (χ3n) is 4.47. The fourth-order valence-electron chi connectivity index (χ4n) is 2.98. The Labute approximate surface area is 164 Å². The number of nitrogens with one attached hydrogen (secondary N) is 1. The van der Waals surface area contributed by atoms with Crippen molar-refractivity contribution >= 4 is 28.3 Å². The molecule has 0 spiro atoms. The molecule has 1 amide bonds. The van der Waals surface area contributed by atoms with Crippen molar-refractivity contribution in [2.24, 2.45) is 0 Å². The van der Waals surface area contributed by atoms with Gasteiger partial charge in [-0.25, -0.2) is 0 Å². The van der Waals surface area contributed by atoms with E-state index in [0.717, 1.165) is 16.3 Å².